The Bertz CT molecular complexity index is 921. The molecule has 6 nitrogen and oxygen atoms in total. The maximum absolute atomic E-state index is 11.8. The topological polar surface area (TPSA) is 114 Å². The van der Waals surface area contributed by atoms with Crippen LogP contribution in [0, 0.1) is 0 Å². The number of carbonyl (C=O) groups is 2. The molecule has 25 heavy (non-hydrogen) atoms. The van der Waals surface area contributed by atoms with Crippen molar-refractivity contribution in [1.29, 1.82) is 0 Å². The van der Waals surface area contributed by atoms with Gasteiger partial charge in [-0.15, -0.1) is 0 Å². The van der Waals surface area contributed by atoms with Crippen LogP contribution in [-0.2, 0) is 11.3 Å². The zero-order valence-corrected chi connectivity index (χ0v) is 14.2. The Labute approximate surface area is 149 Å². The minimum absolute atomic E-state index is 0.0472. The summed E-state index contributed by atoms with van der Waals surface area (Å²) in [5.74, 6) is -0.725. The monoisotopic (exact) mass is 354 g/mol. The highest BCUT2D eigenvalue weighted by atomic mass is 32.2. The third-order valence-corrected chi connectivity index (χ3v) is 4.84. The van der Waals surface area contributed by atoms with E-state index in [9.17, 15) is 9.59 Å². The molecule has 0 radical (unpaired) electrons. The van der Waals surface area contributed by atoms with Gasteiger partial charge in [0.25, 0.3) is 5.91 Å². The van der Waals surface area contributed by atoms with Crippen LogP contribution in [0.4, 0.5) is 0 Å². The van der Waals surface area contributed by atoms with Gasteiger partial charge in [-0.05, 0) is 23.8 Å². The standard InChI is InChI=1S/C18H18N4O2S/c19-9-15(23)21-10-11-6-7-13-14(8-11)22-16(18(20)24)17(13)25-12-4-2-1-3-5-12/h1-8,22H,9-10,19H2,(H2,20,24)(H,21,23). The molecule has 0 aliphatic rings. The minimum Gasteiger partial charge on any atom is -0.364 e. The first-order valence-corrected chi connectivity index (χ1v) is 8.54. The molecule has 0 fully saturated rings. The molecule has 7 heteroatoms. The number of aromatic amines is 1. The van der Waals surface area contributed by atoms with Gasteiger partial charge >= 0.3 is 0 Å². The number of hydrogen-bond donors (Lipinski definition) is 4. The third kappa shape index (κ3) is 3.84. The van der Waals surface area contributed by atoms with Crippen molar-refractivity contribution in [2.24, 2.45) is 11.5 Å². The smallest absolute Gasteiger partial charge is 0.266 e. The Hall–Kier alpha value is -2.77. The highest BCUT2D eigenvalue weighted by Crippen LogP contribution is 2.36. The molecular weight excluding hydrogens is 336 g/mol. The second-order valence-corrected chi connectivity index (χ2v) is 6.55. The van der Waals surface area contributed by atoms with E-state index in [0.717, 1.165) is 26.3 Å². The summed E-state index contributed by atoms with van der Waals surface area (Å²) in [6, 6.07) is 15.5. The van der Waals surface area contributed by atoms with E-state index >= 15 is 0 Å². The first-order valence-electron chi connectivity index (χ1n) is 7.72. The number of amides is 2. The average Bonchev–Trinajstić information content (AvgIpc) is 2.98. The fourth-order valence-electron chi connectivity index (χ4n) is 2.49. The molecule has 3 rings (SSSR count). The third-order valence-electron chi connectivity index (χ3n) is 3.70. The average molecular weight is 354 g/mol. The van der Waals surface area contributed by atoms with E-state index in [1.54, 1.807) is 0 Å². The van der Waals surface area contributed by atoms with Crippen molar-refractivity contribution in [3.63, 3.8) is 0 Å². The molecule has 0 aliphatic heterocycles. The summed E-state index contributed by atoms with van der Waals surface area (Å²) in [7, 11) is 0. The number of fused-ring (bicyclic) bond motifs is 1. The Kier molecular flexibility index (Phi) is 5.06. The zero-order chi connectivity index (χ0) is 17.8. The first-order chi connectivity index (χ1) is 12.1. The number of primary amides is 1. The maximum atomic E-state index is 11.8. The molecule has 2 amide bonds. The van der Waals surface area contributed by atoms with Gasteiger partial charge in [-0.1, -0.05) is 42.1 Å². The van der Waals surface area contributed by atoms with Crippen LogP contribution in [0.15, 0.2) is 58.3 Å². The van der Waals surface area contributed by atoms with Gasteiger partial charge < -0.3 is 21.8 Å². The van der Waals surface area contributed by atoms with Gasteiger partial charge in [-0.2, -0.15) is 0 Å². The molecule has 2 aromatic carbocycles. The number of carbonyl (C=O) groups excluding carboxylic acids is 2. The number of H-pyrrole nitrogens is 1. The Morgan fingerprint density at radius 1 is 1.12 bits per heavy atom. The summed E-state index contributed by atoms with van der Waals surface area (Å²) in [5.41, 5.74) is 12.9. The van der Waals surface area contributed by atoms with Crippen molar-refractivity contribution in [3.8, 4) is 0 Å². The van der Waals surface area contributed by atoms with Crippen LogP contribution in [0.5, 0.6) is 0 Å². The molecule has 0 unspecified atom stereocenters. The van der Waals surface area contributed by atoms with Crippen LogP contribution in [0.25, 0.3) is 10.9 Å². The van der Waals surface area contributed by atoms with E-state index in [1.165, 1.54) is 11.8 Å². The highest BCUT2D eigenvalue weighted by molar-refractivity contribution is 7.99. The number of hydrogen-bond acceptors (Lipinski definition) is 4. The van der Waals surface area contributed by atoms with Crippen molar-refractivity contribution < 1.29 is 9.59 Å². The van der Waals surface area contributed by atoms with Crippen molar-refractivity contribution >= 4 is 34.5 Å². The number of aromatic nitrogens is 1. The van der Waals surface area contributed by atoms with Crippen molar-refractivity contribution in [3.05, 3.63) is 59.8 Å². The van der Waals surface area contributed by atoms with Gasteiger partial charge in [-0.25, -0.2) is 0 Å². The summed E-state index contributed by atoms with van der Waals surface area (Å²) in [4.78, 5) is 28.0. The number of nitrogens with one attached hydrogen (secondary N) is 2. The van der Waals surface area contributed by atoms with Crippen LogP contribution in [0.1, 0.15) is 16.1 Å². The molecule has 128 valence electrons. The fourth-order valence-corrected chi connectivity index (χ4v) is 3.56. The summed E-state index contributed by atoms with van der Waals surface area (Å²) in [6.07, 6.45) is 0. The van der Waals surface area contributed by atoms with E-state index in [2.05, 4.69) is 10.3 Å². The molecule has 0 atom stereocenters. The Morgan fingerprint density at radius 3 is 2.56 bits per heavy atom. The van der Waals surface area contributed by atoms with Crippen LogP contribution >= 0.6 is 11.8 Å². The minimum atomic E-state index is -0.507. The predicted octanol–water partition coefficient (Wildman–Crippen LogP) is 1.99. The summed E-state index contributed by atoms with van der Waals surface area (Å²) >= 11 is 1.49. The lowest BCUT2D eigenvalue weighted by molar-refractivity contribution is -0.119. The van der Waals surface area contributed by atoms with E-state index in [1.807, 2.05) is 48.5 Å². The van der Waals surface area contributed by atoms with Crippen LogP contribution < -0.4 is 16.8 Å². The normalized spacial score (nSPS) is 10.8. The van der Waals surface area contributed by atoms with Crippen molar-refractivity contribution in [1.82, 2.24) is 10.3 Å². The van der Waals surface area contributed by atoms with Gasteiger partial charge in [0.15, 0.2) is 0 Å². The molecule has 0 saturated heterocycles. The van der Waals surface area contributed by atoms with Crippen LogP contribution in [0.2, 0.25) is 0 Å². The number of benzene rings is 2. The van der Waals surface area contributed by atoms with Gasteiger partial charge in [0.2, 0.25) is 5.91 Å². The lowest BCUT2D eigenvalue weighted by Crippen LogP contribution is -2.29. The molecule has 6 N–H and O–H groups in total. The van der Waals surface area contributed by atoms with Gasteiger partial charge in [0, 0.05) is 22.3 Å². The first kappa shape index (κ1) is 17.1. The maximum Gasteiger partial charge on any atom is 0.266 e. The van der Waals surface area contributed by atoms with Crippen molar-refractivity contribution in [2.45, 2.75) is 16.3 Å². The van der Waals surface area contributed by atoms with E-state index in [-0.39, 0.29) is 12.5 Å². The highest BCUT2D eigenvalue weighted by Gasteiger charge is 2.17. The number of nitrogens with two attached hydrogens (primary N) is 2. The van der Waals surface area contributed by atoms with Crippen LogP contribution in [-0.4, -0.2) is 23.3 Å². The van der Waals surface area contributed by atoms with Gasteiger partial charge in [0.1, 0.15) is 5.69 Å². The number of rotatable bonds is 6. The second-order valence-electron chi connectivity index (χ2n) is 5.47. The molecular formula is C18H18N4O2S. The Morgan fingerprint density at radius 2 is 1.88 bits per heavy atom. The molecule has 1 aromatic heterocycles. The molecule has 0 aliphatic carbocycles. The van der Waals surface area contributed by atoms with Crippen LogP contribution in [0.3, 0.4) is 0 Å². The lowest BCUT2D eigenvalue weighted by Gasteiger charge is -2.05. The van der Waals surface area contributed by atoms with E-state index < -0.39 is 5.91 Å². The Balaban J connectivity index is 1.96. The largest absolute Gasteiger partial charge is 0.364 e. The summed E-state index contributed by atoms with van der Waals surface area (Å²) in [6.45, 7) is 0.326. The lowest BCUT2D eigenvalue weighted by atomic mass is 10.1. The zero-order valence-electron chi connectivity index (χ0n) is 13.4. The molecule has 1 heterocycles. The SMILES string of the molecule is NCC(=O)NCc1ccc2c(Sc3ccccc3)c(C(N)=O)[nH]c2c1. The molecule has 0 saturated carbocycles. The van der Waals surface area contributed by atoms with Gasteiger partial charge in [-0.3, -0.25) is 9.59 Å². The van der Waals surface area contributed by atoms with Gasteiger partial charge in [0.05, 0.1) is 11.4 Å². The fraction of sp³-hybridized carbons (Fsp3) is 0.111. The molecule has 3 aromatic rings. The summed E-state index contributed by atoms with van der Waals surface area (Å²) < 4.78 is 0. The summed E-state index contributed by atoms with van der Waals surface area (Å²) in [5, 5.41) is 3.64. The molecule has 0 bridgehead atoms. The molecule has 0 spiro atoms. The predicted molar refractivity (Wildman–Crippen MR) is 98.3 cm³/mol. The van der Waals surface area contributed by atoms with Crippen molar-refractivity contribution in [2.75, 3.05) is 6.54 Å². The quantitative estimate of drug-likeness (QED) is 0.542. The van der Waals surface area contributed by atoms with E-state index in [0.29, 0.717) is 12.2 Å². The second kappa shape index (κ2) is 7.42. The van der Waals surface area contributed by atoms with E-state index in [4.69, 9.17) is 11.5 Å².